The fraction of sp³-hybridized carbons (Fsp3) is 0.278. The van der Waals surface area contributed by atoms with Gasteiger partial charge in [0, 0.05) is 10.9 Å². The lowest BCUT2D eigenvalue weighted by molar-refractivity contribution is -0.145. The molecule has 1 atom stereocenters. The number of carboxylic acids is 1. The number of carbonyl (C=O) groups is 1. The van der Waals surface area contributed by atoms with Gasteiger partial charge in [-0.25, -0.2) is 4.79 Å². The predicted molar refractivity (Wildman–Crippen MR) is 90.4 cm³/mol. The van der Waals surface area contributed by atoms with Crippen molar-refractivity contribution in [1.82, 2.24) is 0 Å². The summed E-state index contributed by atoms with van der Waals surface area (Å²) in [5, 5.41) is 9.36. The fourth-order valence-corrected chi connectivity index (χ4v) is 2.37. The first-order valence-electron chi connectivity index (χ1n) is 7.19. The van der Waals surface area contributed by atoms with Crippen LogP contribution in [0.3, 0.4) is 0 Å². The summed E-state index contributed by atoms with van der Waals surface area (Å²) < 4.78 is 6.60. The average Bonchev–Trinajstić information content (AvgIpc) is 2.49. The Morgan fingerprint density at radius 1 is 1.09 bits per heavy atom. The summed E-state index contributed by atoms with van der Waals surface area (Å²) in [5.41, 5.74) is 2.13. The molecule has 0 amide bonds. The van der Waals surface area contributed by atoms with Crippen molar-refractivity contribution in [3.05, 3.63) is 64.1 Å². The number of halogens is 1. The monoisotopic (exact) mass is 362 g/mol. The highest BCUT2D eigenvalue weighted by molar-refractivity contribution is 9.10. The lowest BCUT2D eigenvalue weighted by atomic mass is 10.0. The van der Waals surface area contributed by atoms with Gasteiger partial charge in [-0.15, -0.1) is 0 Å². The third-order valence-electron chi connectivity index (χ3n) is 3.43. The highest BCUT2D eigenvalue weighted by Gasteiger charge is 2.20. The van der Waals surface area contributed by atoms with Gasteiger partial charge in [0.15, 0.2) is 6.10 Å². The zero-order chi connectivity index (χ0) is 16.1. The number of aliphatic carboxylic acids is 1. The largest absolute Gasteiger partial charge is 0.478 e. The summed E-state index contributed by atoms with van der Waals surface area (Å²) >= 11 is 3.37. The lowest BCUT2D eigenvalue weighted by Gasteiger charge is -2.16. The van der Waals surface area contributed by atoms with E-state index in [1.807, 2.05) is 48.5 Å². The van der Waals surface area contributed by atoms with Crippen molar-refractivity contribution in [2.45, 2.75) is 32.3 Å². The van der Waals surface area contributed by atoms with Crippen LogP contribution in [0.15, 0.2) is 53.0 Å². The van der Waals surface area contributed by atoms with Gasteiger partial charge in [0.05, 0.1) is 0 Å². The molecule has 0 aliphatic rings. The predicted octanol–water partition coefficient (Wildman–Crippen LogP) is 4.65. The minimum Gasteiger partial charge on any atom is -0.478 e. The van der Waals surface area contributed by atoms with E-state index in [2.05, 4.69) is 29.8 Å². The number of hydrogen-bond acceptors (Lipinski definition) is 2. The second-order valence-electron chi connectivity index (χ2n) is 5.50. The molecular weight excluding hydrogens is 344 g/mol. The fourth-order valence-electron chi connectivity index (χ4n) is 2.11. The Morgan fingerprint density at radius 3 is 2.18 bits per heavy atom. The molecule has 0 aliphatic heterocycles. The Balaban J connectivity index is 2.08. The van der Waals surface area contributed by atoms with E-state index < -0.39 is 12.1 Å². The Bertz CT molecular complexity index is 618. The van der Waals surface area contributed by atoms with Gasteiger partial charge in [0.25, 0.3) is 0 Å². The smallest absolute Gasteiger partial charge is 0.345 e. The van der Waals surface area contributed by atoms with Crippen LogP contribution in [0.1, 0.15) is 30.9 Å². The van der Waals surface area contributed by atoms with Crippen LogP contribution in [0.5, 0.6) is 5.75 Å². The summed E-state index contributed by atoms with van der Waals surface area (Å²) in [7, 11) is 0. The van der Waals surface area contributed by atoms with Gasteiger partial charge in [-0.05, 0) is 41.3 Å². The van der Waals surface area contributed by atoms with Crippen LogP contribution >= 0.6 is 15.9 Å². The molecule has 22 heavy (non-hydrogen) atoms. The van der Waals surface area contributed by atoms with Crippen LogP contribution < -0.4 is 4.74 Å². The molecule has 4 heteroatoms. The van der Waals surface area contributed by atoms with E-state index in [-0.39, 0.29) is 0 Å². The maximum Gasteiger partial charge on any atom is 0.345 e. The molecule has 0 fully saturated rings. The number of rotatable bonds is 6. The lowest BCUT2D eigenvalue weighted by Crippen LogP contribution is -2.29. The SMILES string of the molecule is CC(C)c1ccc(O[C@@H](Cc2ccc(Br)cc2)C(=O)O)cc1. The number of carboxylic acid groups (broad SMARTS) is 1. The minimum atomic E-state index is -0.962. The first-order valence-corrected chi connectivity index (χ1v) is 7.99. The van der Waals surface area contributed by atoms with Crippen molar-refractivity contribution in [2.75, 3.05) is 0 Å². The molecule has 116 valence electrons. The maximum absolute atomic E-state index is 11.4. The molecule has 0 heterocycles. The van der Waals surface area contributed by atoms with Crippen LogP contribution in [0.2, 0.25) is 0 Å². The molecule has 2 aromatic carbocycles. The van der Waals surface area contributed by atoms with E-state index in [0.29, 0.717) is 18.1 Å². The zero-order valence-electron chi connectivity index (χ0n) is 12.6. The van der Waals surface area contributed by atoms with E-state index in [9.17, 15) is 9.90 Å². The van der Waals surface area contributed by atoms with Gasteiger partial charge >= 0.3 is 5.97 Å². The van der Waals surface area contributed by atoms with Gasteiger partial charge in [-0.2, -0.15) is 0 Å². The second kappa shape index (κ2) is 7.45. The van der Waals surface area contributed by atoms with E-state index >= 15 is 0 Å². The summed E-state index contributed by atoms with van der Waals surface area (Å²) in [6, 6.07) is 15.2. The topological polar surface area (TPSA) is 46.5 Å². The number of benzene rings is 2. The molecule has 0 aliphatic carbocycles. The molecule has 0 saturated heterocycles. The van der Waals surface area contributed by atoms with E-state index in [1.165, 1.54) is 5.56 Å². The third kappa shape index (κ3) is 4.60. The third-order valence-corrected chi connectivity index (χ3v) is 3.96. The molecule has 0 aromatic heterocycles. The van der Waals surface area contributed by atoms with Gasteiger partial charge in [-0.1, -0.05) is 54.0 Å². The molecule has 0 bridgehead atoms. The summed E-state index contributed by atoms with van der Waals surface area (Å²) in [6.45, 7) is 4.23. The van der Waals surface area contributed by atoms with Crippen molar-refractivity contribution in [3.8, 4) is 5.75 Å². The van der Waals surface area contributed by atoms with Gasteiger partial charge in [0.1, 0.15) is 5.75 Å². The maximum atomic E-state index is 11.4. The van der Waals surface area contributed by atoms with Crippen LogP contribution in [-0.2, 0) is 11.2 Å². The average molecular weight is 363 g/mol. The quantitative estimate of drug-likeness (QED) is 0.813. The van der Waals surface area contributed by atoms with Crippen LogP contribution in [-0.4, -0.2) is 17.2 Å². The van der Waals surface area contributed by atoms with Crippen LogP contribution in [0, 0.1) is 0 Å². The van der Waals surface area contributed by atoms with Crippen LogP contribution in [0.25, 0.3) is 0 Å². The van der Waals surface area contributed by atoms with Crippen molar-refractivity contribution < 1.29 is 14.6 Å². The molecule has 0 saturated carbocycles. The van der Waals surface area contributed by atoms with Gasteiger partial charge < -0.3 is 9.84 Å². The van der Waals surface area contributed by atoms with Gasteiger partial charge in [-0.3, -0.25) is 0 Å². The first-order chi connectivity index (χ1) is 10.5. The van der Waals surface area contributed by atoms with Crippen LogP contribution in [0.4, 0.5) is 0 Å². The Morgan fingerprint density at radius 2 is 1.68 bits per heavy atom. The number of hydrogen-bond donors (Lipinski definition) is 1. The van der Waals surface area contributed by atoms with Crippen molar-refractivity contribution >= 4 is 21.9 Å². The molecule has 0 radical (unpaired) electrons. The zero-order valence-corrected chi connectivity index (χ0v) is 14.2. The minimum absolute atomic E-state index is 0.328. The van der Waals surface area contributed by atoms with Gasteiger partial charge in [0.2, 0.25) is 0 Å². The van der Waals surface area contributed by atoms with E-state index in [1.54, 1.807) is 0 Å². The van der Waals surface area contributed by atoms with Crippen molar-refractivity contribution in [2.24, 2.45) is 0 Å². The summed E-state index contributed by atoms with van der Waals surface area (Å²) in [6.07, 6.45) is -0.569. The molecule has 0 spiro atoms. The van der Waals surface area contributed by atoms with Crippen molar-refractivity contribution in [3.63, 3.8) is 0 Å². The molecular formula is C18H19BrO3. The molecule has 3 nitrogen and oxygen atoms in total. The normalized spacial score (nSPS) is 12.2. The van der Waals surface area contributed by atoms with E-state index in [4.69, 9.17) is 4.74 Å². The standard InChI is InChI=1S/C18H19BrO3/c1-12(2)14-5-9-16(10-6-14)22-17(18(20)21)11-13-3-7-15(19)8-4-13/h3-10,12,17H,11H2,1-2H3,(H,20,21)/t17-/m0/s1. The molecule has 1 N–H and O–H groups in total. The highest BCUT2D eigenvalue weighted by atomic mass is 79.9. The molecule has 2 rings (SSSR count). The van der Waals surface area contributed by atoms with Crippen molar-refractivity contribution in [1.29, 1.82) is 0 Å². The molecule has 0 unspecified atom stereocenters. The Labute approximate surface area is 139 Å². The second-order valence-corrected chi connectivity index (χ2v) is 6.41. The number of ether oxygens (including phenoxy) is 1. The Kier molecular flexibility index (Phi) is 5.61. The highest BCUT2D eigenvalue weighted by Crippen LogP contribution is 2.21. The molecule has 2 aromatic rings. The summed E-state index contributed by atoms with van der Waals surface area (Å²) in [5.74, 6) is 0.0526. The first kappa shape index (κ1) is 16.6. The Hall–Kier alpha value is -1.81. The van der Waals surface area contributed by atoms with E-state index in [0.717, 1.165) is 10.0 Å². The summed E-state index contributed by atoms with van der Waals surface area (Å²) in [4.78, 5) is 11.4.